The number of nitrogens with one attached hydrogen (secondary N) is 3. The molecule has 1 aromatic rings. The van der Waals surface area contributed by atoms with Gasteiger partial charge >= 0.3 is 6.03 Å². The van der Waals surface area contributed by atoms with E-state index in [-0.39, 0.29) is 35.9 Å². The number of carbonyl (C=O) groups is 2. The van der Waals surface area contributed by atoms with E-state index in [4.69, 9.17) is 0 Å². The van der Waals surface area contributed by atoms with Gasteiger partial charge in [0.05, 0.1) is 0 Å². The largest absolute Gasteiger partial charge is 0.356 e. The lowest BCUT2D eigenvalue weighted by Gasteiger charge is -2.38. The van der Waals surface area contributed by atoms with E-state index in [2.05, 4.69) is 63.1 Å². The van der Waals surface area contributed by atoms with Crippen molar-refractivity contribution in [2.24, 2.45) is 4.99 Å². The standard InChI is InChI=1S/C24H38N6O2.HI/c1-5-24(3)21(31)30(23(32)28-24)14-9-13-26-22(25-4)27-20-12-15-29(18(2)16-20)17-19-10-7-6-8-11-19;/h6-8,10-11,18,20H,5,9,12-17H2,1-4H3,(H,28,32)(H2,25,26,27);1H. The number of hydrogen-bond acceptors (Lipinski definition) is 4. The number of imide groups is 1. The number of rotatable bonds is 8. The van der Waals surface area contributed by atoms with E-state index in [1.54, 1.807) is 14.0 Å². The van der Waals surface area contributed by atoms with E-state index in [9.17, 15) is 9.59 Å². The second-order valence-electron chi connectivity index (χ2n) is 9.10. The van der Waals surface area contributed by atoms with E-state index in [0.29, 0.717) is 38.0 Å². The molecule has 8 nitrogen and oxygen atoms in total. The van der Waals surface area contributed by atoms with Crippen molar-refractivity contribution in [1.82, 2.24) is 25.8 Å². The third kappa shape index (κ3) is 7.05. The van der Waals surface area contributed by atoms with Crippen LogP contribution in [0.5, 0.6) is 0 Å². The number of aliphatic imine (C=N–C) groups is 1. The Morgan fingerprint density at radius 1 is 1.27 bits per heavy atom. The first-order valence-corrected chi connectivity index (χ1v) is 11.8. The number of likely N-dealkylation sites (tertiary alicyclic amines) is 1. The van der Waals surface area contributed by atoms with E-state index >= 15 is 0 Å². The van der Waals surface area contributed by atoms with Crippen molar-refractivity contribution < 1.29 is 9.59 Å². The molecule has 3 atom stereocenters. The molecule has 3 unspecified atom stereocenters. The average Bonchev–Trinajstić information content (AvgIpc) is 3.01. The predicted octanol–water partition coefficient (Wildman–Crippen LogP) is 2.93. The molecule has 1 aromatic carbocycles. The lowest BCUT2D eigenvalue weighted by molar-refractivity contribution is -0.130. The summed E-state index contributed by atoms with van der Waals surface area (Å²) in [7, 11) is 1.77. The molecule has 0 bridgehead atoms. The van der Waals surface area contributed by atoms with Crippen molar-refractivity contribution in [3.8, 4) is 0 Å². The highest BCUT2D eigenvalue weighted by atomic mass is 127. The fourth-order valence-electron chi connectivity index (χ4n) is 4.43. The Labute approximate surface area is 215 Å². The number of carbonyl (C=O) groups excluding carboxylic acids is 2. The van der Waals surface area contributed by atoms with Gasteiger partial charge in [-0.05, 0) is 45.1 Å². The summed E-state index contributed by atoms with van der Waals surface area (Å²) in [6, 6.07) is 11.2. The Morgan fingerprint density at radius 3 is 2.61 bits per heavy atom. The van der Waals surface area contributed by atoms with Crippen LogP contribution in [0.4, 0.5) is 4.79 Å². The monoisotopic (exact) mass is 570 g/mol. The van der Waals surface area contributed by atoms with Crippen LogP contribution in [-0.4, -0.2) is 72.0 Å². The summed E-state index contributed by atoms with van der Waals surface area (Å²) < 4.78 is 0. The van der Waals surface area contributed by atoms with Crippen LogP contribution >= 0.6 is 24.0 Å². The minimum Gasteiger partial charge on any atom is -0.356 e. The summed E-state index contributed by atoms with van der Waals surface area (Å²) in [4.78, 5) is 32.8. The third-order valence-corrected chi connectivity index (χ3v) is 6.71. The highest BCUT2D eigenvalue weighted by Gasteiger charge is 2.45. The molecule has 2 fully saturated rings. The minimum atomic E-state index is -0.770. The number of hydrogen-bond donors (Lipinski definition) is 3. The first kappa shape index (κ1) is 27.4. The SMILES string of the molecule is CCC1(C)NC(=O)N(CCCNC(=NC)NC2CCN(Cc3ccccc3)C(C)C2)C1=O.I. The zero-order valence-corrected chi connectivity index (χ0v) is 22.6. The Kier molecular flexibility index (Phi) is 10.4. The molecule has 3 rings (SSSR count). The van der Waals surface area contributed by atoms with Gasteiger partial charge in [0.25, 0.3) is 5.91 Å². The number of piperidine rings is 1. The lowest BCUT2D eigenvalue weighted by Crippen LogP contribution is -2.51. The molecule has 0 radical (unpaired) electrons. The quantitative estimate of drug-likeness (QED) is 0.147. The normalized spacial score (nSPS) is 26.1. The second-order valence-corrected chi connectivity index (χ2v) is 9.10. The summed E-state index contributed by atoms with van der Waals surface area (Å²) >= 11 is 0. The summed E-state index contributed by atoms with van der Waals surface area (Å²) in [5.74, 6) is 0.637. The second kappa shape index (κ2) is 12.5. The van der Waals surface area contributed by atoms with Crippen LogP contribution in [0.1, 0.15) is 52.0 Å². The van der Waals surface area contributed by atoms with Crippen molar-refractivity contribution in [2.45, 2.75) is 70.6 Å². The molecule has 2 aliphatic heterocycles. The Balaban J connectivity index is 0.00000385. The molecule has 184 valence electrons. The molecular weight excluding hydrogens is 531 g/mol. The van der Waals surface area contributed by atoms with E-state index in [0.717, 1.165) is 31.9 Å². The molecule has 0 saturated carbocycles. The van der Waals surface area contributed by atoms with Gasteiger partial charge in [-0.15, -0.1) is 24.0 Å². The number of amides is 3. The summed E-state index contributed by atoms with van der Waals surface area (Å²) in [5.41, 5.74) is 0.585. The van der Waals surface area contributed by atoms with Gasteiger partial charge in [-0.1, -0.05) is 37.3 Å². The highest BCUT2D eigenvalue weighted by molar-refractivity contribution is 14.0. The number of benzene rings is 1. The molecular formula is C24H39IN6O2. The number of guanidine groups is 1. The summed E-state index contributed by atoms with van der Waals surface area (Å²) in [6.45, 7) is 9.06. The van der Waals surface area contributed by atoms with Crippen molar-refractivity contribution in [1.29, 1.82) is 0 Å². The van der Waals surface area contributed by atoms with Crippen LogP contribution in [0.2, 0.25) is 0 Å². The summed E-state index contributed by atoms with van der Waals surface area (Å²) in [5, 5.41) is 9.66. The van der Waals surface area contributed by atoms with E-state index in [1.165, 1.54) is 10.5 Å². The molecule has 33 heavy (non-hydrogen) atoms. The van der Waals surface area contributed by atoms with Gasteiger partial charge < -0.3 is 16.0 Å². The maximum Gasteiger partial charge on any atom is 0.325 e. The molecule has 9 heteroatoms. The average molecular weight is 571 g/mol. The maximum atomic E-state index is 12.5. The van der Waals surface area contributed by atoms with Gasteiger partial charge in [-0.2, -0.15) is 0 Å². The van der Waals surface area contributed by atoms with Gasteiger partial charge in [-0.3, -0.25) is 19.6 Å². The number of urea groups is 1. The predicted molar refractivity (Wildman–Crippen MR) is 143 cm³/mol. The van der Waals surface area contributed by atoms with Crippen LogP contribution in [0.3, 0.4) is 0 Å². The van der Waals surface area contributed by atoms with Crippen LogP contribution in [0.15, 0.2) is 35.3 Å². The Bertz CT molecular complexity index is 820. The smallest absolute Gasteiger partial charge is 0.325 e. The fourth-order valence-corrected chi connectivity index (χ4v) is 4.43. The zero-order chi connectivity index (χ0) is 23.1. The first-order chi connectivity index (χ1) is 15.4. The highest BCUT2D eigenvalue weighted by Crippen LogP contribution is 2.21. The van der Waals surface area contributed by atoms with Crippen molar-refractivity contribution in [2.75, 3.05) is 26.7 Å². The minimum absolute atomic E-state index is 0. The van der Waals surface area contributed by atoms with Crippen LogP contribution in [0.25, 0.3) is 0 Å². The fraction of sp³-hybridized carbons (Fsp3) is 0.625. The molecule has 0 aliphatic carbocycles. The van der Waals surface area contributed by atoms with Gasteiger partial charge in [0.15, 0.2) is 5.96 Å². The van der Waals surface area contributed by atoms with Crippen molar-refractivity contribution in [3.63, 3.8) is 0 Å². The van der Waals surface area contributed by atoms with Gasteiger partial charge in [0.2, 0.25) is 0 Å². The van der Waals surface area contributed by atoms with Gasteiger partial charge in [-0.25, -0.2) is 4.79 Å². The van der Waals surface area contributed by atoms with Crippen LogP contribution in [-0.2, 0) is 11.3 Å². The summed E-state index contributed by atoms with van der Waals surface area (Å²) in [6.07, 6.45) is 3.39. The Morgan fingerprint density at radius 2 is 2.00 bits per heavy atom. The molecule has 2 heterocycles. The number of nitrogens with zero attached hydrogens (tertiary/aromatic N) is 3. The zero-order valence-electron chi connectivity index (χ0n) is 20.3. The molecule has 2 saturated heterocycles. The topological polar surface area (TPSA) is 89.1 Å². The molecule has 0 spiro atoms. The lowest BCUT2D eigenvalue weighted by atomic mass is 9.97. The van der Waals surface area contributed by atoms with Crippen LogP contribution in [0, 0.1) is 0 Å². The van der Waals surface area contributed by atoms with Crippen molar-refractivity contribution in [3.05, 3.63) is 35.9 Å². The van der Waals surface area contributed by atoms with Crippen molar-refractivity contribution >= 4 is 41.9 Å². The molecule has 3 amide bonds. The van der Waals surface area contributed by atoms with Gasteiger partial charge in [0, 0.05) is 45.3 Å². The third-order valence-electron chi connectivity index (χ3n) is 6.71. The first-order valence-electron chi connectivity index (χ1n) is 11.8. The van der Waals surface area contributed by atoms with Gasteiger partial charge in [0.1, 0.15) is 5.54 Å². The van der Waals surface area contributed by atoms with Crippen LogP contribution < -0.4 is 16.0 Å². The number of halogens is 1. The maximum absolute atomic E-state index is 12.5. The molecule has 3 N–H and O–H groups in total. The molecule has 0 aromatic heterocycles. The van der Waals surface area contributed by atoms with E-state index in [1.807, 2.05) is 6.92 Å². The molecule has 2 aliphatic rings. The van der Waals surface area contributed by atoms with E-state index < -0.39 is 5.54 Å². The Hall–Kier alpha value is -1.88.